The van der Waals surface area contributed by atoms with Crippen molar-refractivity contribution in [1.29, 1.82) is 0 Å². The van der Waals surface area contributed by atoms with Crippen molar-refractivity contribution in [2.45, 2.75) is 52.4 Å². The van der Waals surface area contributed by atoms with E-state index in [0.717, 1.165) is 0 Å². The second kappa shape index (κ2) is 6.23. The van der Waals surface area contributed by atoms with E-state index >= 15 is 0 Å². The molecule has 0 saturated carbocycles. The summed E-state index contributed by atoms with van der Waals surface area (Å²) in [7, 11) is 0. The van der Waals surface area contributed by atoms with Crippen molar-refractivity contribution in [1.82, 2.24) is 0 Å². The summed E-state index contributed by atoms with van der Waals surface area (Å²) in [4.78, 5) is 0. The molecule has 0 saturated heterocycles. The zero-order chi connectivity index (χ0) is 22.4. The Bertz CT molecular complexity index is 1430. The largest absolute Gasteiger partial charge is 0.0619 e. The summed E-state index contributed by atoms with van der Waals surface area (Å²) in [5, 5.41) is 0. The van der Waals surface area contributed by atoms with Crippen LogP contribution in [0.3, 0.4) is 0 Å². The van der Waals surface area contributed by atoms with Crippen molar-refractivity contribution < 1.29 is 0 Å². The van der Waals surface area contributed by atoms with E-state index in [1.807, 2.05) is 0 Å². The summed E-state index contributed by atoms with van der Waals surface area (Å²) in [6, 6.07) is 27.4. The maximum atomic E-state index is 2.39. The average molecular weight is 415 g/mol. The predicted octanol–water partition coefficient (Wildman–Crippen LogP) is 8.58. The van der Waals surface area contributed by atoms with Gasteiger partial charge in [-0.3, -0.25) is 0 Å². The number of hydrogen-bond acceptors (Lipinski definition) is 0. The smallest absolute Gasteiger partial charge is 0.0159 e. The lowest BCUT2D eigenvalue weighted by Gasteiger charge is -2.24. The first-order chi connectivity index (χ1) is 15.2. The molecule has 158 valence electrons. The summed E-state index contributed by atoms with van der Waals surface area (Å²) in [5.41, 5.74) is 17.0. The van der Waals surface area contributed by atoms with Crippen LogP contribution in [0.4, 0.5) is 0 Å². The molecular weight excluding hydrogens is 384 g/mol. The highest BCUT2D eigenvalue weighted by molar-refractivity contribution is 5.97. The van der Waals surface area contributed by atoms with Crippen LogP contribution in [0.1, 0.15) is 61.1 Å². The molecule has 0 spiro atoms. The van der Waals surface area contributed by atoms with Gasteiger partial charge in [0.05, 0.1) is 0 Å². The Kier molecular flexibility index (Phi) is 3.81. The Morgan fingerprint density at radius 2 is 0.938 bits per heavy atom. The van der Waals surface area contributed by atoms with Crippen LogP contribution < -0.4 is 0 Å². The van der Waals surface area contributed by atoms with Gasteiger partial charge in [0.25, 0.3) is 0 Å². The fourth-order valence-electron chi connectivity index (χ4n) is 6.49. The maximum Gasteiger partial charge on any atom is 0.0159 e. The molecule has 2 aliphatic rings. The Balaban J connectivity index is 1.70. The second-order valence-corrected chi connectivity index (χ2v) is 10.7. The second-order valence-electron chi connectivity index (χ2n) is 10.7. The summed E-state index contributed by atoms with van der Waals surface area (Å²) < 4.78 is 0. The van der Waals surface area contributed by atoms with Crippen LogP contribution in [0.2, 0.25) is 0 Å². The molecule has 0 nitrogen and oxygen atoms in total. The van der Waals surface area contributed by atoms with Crippen LogP contribution in [0, 0.1) is 13.8 Å². The molecule has 0 aliphatic heterocycles. The molecule has 2 aliphatic carbocycles. The Hall–Kier alpha value is -3.12. The summed E-state index contributed by atoms with van der Waals surface area (Å²) in [6.07, 6.45) is 0. The highest BCUT2D eigenvalue weighted by Crippen LogP contribution is 2.55. The van der Waals surface area contributed by atoms with Crippen molar-refractivity contribution in [3.8, 4) is 33.4 Å². The third-order valence-corrected chi connectivity index (χ3v) is 8.23. The quantitative estimate of drug-likeness (QED) is 0.292. The molecule has 0 bridgehead atoms. The lowest BCUT2D eigenvalue weighted by atomic mass is 9.79. The van der Waals surface area contributed by atoms with Gasteiger partial charge < -0.3 is 0 Å². The van der Waals surface area contributed by atoms with Gasteiger partial charge in [-0.05, 0) is 80.6 Å². The highest BCUT2D eigenvalue weighted by atomic mass is 14.4. The summed E-state index contributed by atoms with van der Waals surface area (Å²) >= 11 is 0. The zero-order valence-corrected chi connectivity index (χ0v) is 19.9. The normalized spacial score (nSPS) is 16.3. The predicted molar refractivity (Wildman–Crippen MR) is 136 cm³/mol. The number of benzene rings is 4. The zero-order valence-electron chi connectivity index (χ0n) is 19.9. The van der Waals surface area contributed by atoms with Crippen LogP contribution >= 0.6 is 0 Å². The molecule has 32 heavy (non-hydrogen) atoms. The van der Waals surface area contributed by atoms with Crippen molar-refractivity contribution in [3.63, 3.8) is 0 Å². The van der Waals surface area contributed by atoms with Crippen molar-refractivity contribution in [2.75, 3.05) is 0 Å². The van der Waals surface area contributed by atoms with Crippen molar-refractivity contribution >= 4 is 0 Å². The molecule has 6 rings (SSSR count). The van der Waals surface area contributed by atoms with E-state index in [-0.39, 0.29) is 10.8 Å². The fourth-order valence-corrected chi connectivity index (χ4v) is 6.49. The van der Waals surface area contributed by atoms with E-state index in [4.69, 9.17) is 0 Å². The number of fused-ring (bicyclic) bond motifs is 6. The summed E-state index contributed by atoms with van der Waals surface area (Å²) in [6.45, 7) is 14.1. The van der Waals surface area contributed by atoms with Gasteiger partial charge in [-0.25, -0.2) is 0 Å². The van der Waals surface area contributed by atoms with E-state index in [2.05, 4.69) is 114 Å². The van der Waals surface area contributed by atoms with Gasteiger partial charge in [-0.1, -0.05) is 100 Å². The van der Waals surface area contributed by atoms with Gasteiger partial charge in [0, 0.05) is 10.8 Å². The van der Waals surface area contributed by atoms with E-state index < -0.39 is 0 Å². The number of hydrogen-bond donors (Lipinski definition) is 0. The summed E-state index contributed by atoms with van der Waals surface area (Å²) in [5.74, 6) is 0. The van der Waals surface area contributed by atoms with Crippen molar-refractivity contribution in [3.05, 3.63) is 106 Å². The third kappa shape index (κ3) is 2.28. The van der Waals surface area contributed by atoms with Gasteiger partial charge in [0.1, 0.15) is 0 Å². The minimum Gasteiger partial charge on any atom is -0.0619 e. The molecule has 4 aromatic rings. The van der Waals surface area contributed by atoms with Gasteiger partial charge in [0.2, 0.25) is 0 Å². The highest BCUT2D eigenvalue weighted by Gasteiger charge is 2.39. The molecule has 0 fully saturated rings. The van der Waals surface area contributed by atoms with Crippen LogP contribution in [0.25, 0.3) is 33.4 Å². The maximum absolute atomic E-state index is 2.39. The lowest BCUT2D eigenvalue weighted by molar-refractivity contribution is 0.660. The minimum absolute atomic E-state index is 0.0214. The van der Waals surface area contributed by atoms with E-state index in [1.165, 1.54) is 66.8 Å². The molecule has 0 atom stereocenters. The molecular formula is C32H30. The molecule has 0 heteroatoms. The monoisotopic (exact) mass is 414 g/mol. The van der Waals surface area contributed by atoms with E-state index in [0.29, 0.717) is 0 Å². The third-order valence-electron chi connectivity index (χ3n) is 8.23. The molecule has 0 radical (unpaired) electrons. The first kappa shape index (κ1) is 19.6. The van der Waals surface area contributed by atoms with Gasteiger partial charge >= 0.3 is 0 Å². The molecule has 0 N–H and O–H groups in total. The lowest BCUT2D eigenvalue weighted by Crippen LogP contribution is -2.15. The van der Waals surface area contributed by atoms with Gasteiger partial charge in [-0.2, -0.15) is 0 Å². The van der Waals surface area contributed by atoms with Crippen LogP contribution in [-0.2, 0) is 10.8 Å². The number of aryl methyl sites for hydroxylation is 1. The first-order valence-electron chi connectivity index (χ1n) is 11.7. The van der Waals surface area contributed by atoms with Crippen LogP contribution in [0.5, 0.6) is 0 Å². The SMILES string of the molecule is Cc1ccc2c(c1-c1ccc3c(c1C)-c1ccccc1C3(C)C)-c1ccccc1C2(C)C. The van der Waals surface area contributed by atoms with Crippen molar-refractivity contribution in [2.24, 2.45) is 0 Å². The first-order valence-corrected chi connectivity index (χ1v) is 11.7. The topological polar surface area (TPSA) is 0 Å². The molecule has 4 aromatic carbocycles. The number of rotatable bonds is 1. The Labute approximate surface area is 192 Å². The van der Waals surface area contributed by atoms with Gasteiger partial charge in [0.15, 0.2) is 0 Å². The molecule has 0 aromatic heterocycles. The van der Waals surface area contributed by atoms with Crippen LogP contribution in [0.15, 0.2) is 72.8 Å². The van der Waals surface area contributed by atoms with Crippen LogP contribution in [-0.4, -0.2) is 0 Å². The van der Waals surface area contributed by atoms with Gasteiger partial charge in [-0.15, -0.1) is 0 Å². The molecule has 0 heterocycles. The Morgan fingerprint density at radius 3 is 1.56 bits per heavy atom. The molecule has 0 unspecified atom stereocenters. The Morgan fingerprint density at radius 1 is 0.438 bits per heavy atom. The minimum atomic E-state index is 0.0214. The fraction of sp³-hybridized carbons (Fsp3) is 0.250. The van der Waals surface area contributed by atoms with E-state index in [9.17, 15) is 0 Å². The standard InChI is InChI=1S/C32H30/c1-19-15-17-27-30(23-12-8-10-14-25(23)32(27,5)6)28(19)21-16-18-26-29(20(21)2)22-11-7-9-13-24(22)31(26,3)4/h7-18H,1-6H3. The van der Waals surface area contributed by atoms with E-state index in [1.54, 1.807) is 0 Å². The molecule has 0 amide bonds. The average Bonchev–Trinajstić information content (AvgIpc) is 3.15.